The van der Waals surface area contributed by atoms with Gasteiger partial charge < -0.3 is 25.0 Å². The van der Waals surface area contributed by atoms with E-state index in [2.05, 4.69) is 17.2 Å². The topological polar surface area (TPSA) is 110 Å². The van der Waals surface area contributed by atoms with E-state index >= 15 is 0 Å². The summed E-state index contributed by atoms with van der Waals surface area (Å²) in [7, 11) is 1.61. The number of nitrogens with one attached hydrogen (secondary N) is 2. The highest BCUT2D eigenvalue weighted by atomic mass is 16.5. The summed E-state index contributed by atoms with van der Waals surface area (Å²) in [6.07, 6.45) is 5.48. The minimum absolute atomic E-state index is 0.0267. The van der Waals surface area contributed by atoms with E-state index in [-0.39, 0.29) is 42.8 Å². The smallest absolute Gasteiger partial charge is 0.244 e. The fraction of sp³-hybridized carbons (Fsp3) is 0.312. The molecule has 9 nitrogen and oxygen atoms in total. The van der Waals surface area contributed by atoms with Crippen molar-refractivity contribution in [3.8, 4) is 22.8 Å². The van der Waals surface area contributed by atoms with E-state index in [0.29, 0.717) is 23.4 Å². The maximum absolute atomic E-state index is 13.3. The van der Waals surface area contributed by atoms with Gasteiger partial charge in [0.15, 0.2) is 0 Å². The third-order valence-corrected chi connectivity index (χ3v) is 7.43. The maximum Gasteiger partial charge on any atom is 0.244 e. The van der Waals surface area contributed by atoms with E-state index in [9.17, 15) is 14.4 Å². The lowest BCUT2D eigenvalue weighted by molar-refractivity contribution is -0.138. The molecule has 1 aromatic heterocycles. The first-order valence-electron chi connectivity index (χ1n) is 13.7. The highest BCUT2D eigenvalue weighted by molar-refractivity contribution is 5.94. The third kappa shape index (κ3) is 6.40. The van der Waals surface area contributed by atoms with Gasteiger partial charge in [0.05, 0.1) is 31.4 Å². The third-order valence-electron chi connectivity index (χ3n) is 7.43. The fourth-order valence-corrected chi connectivity index (χ4v) is 5.14. The lowest BCUT2D eigenvalue weighted by atomic mass is 10.1. The zero-order valence-electron chi connectivity index (χ0n) is 23.2. The quantitative estimate of drug-likeness (QED) is 0.293. The largest absolute Gasteiger partial charge is 0.497 e. The van der Waals surface area contributed by atoms with Gasteiger partial charge in [0.1, 0.15) is 23.6 Å². The van der Waals surface area contributed by atoms with Crippen LogP contribution in [0, 0.1) is 5.92 Å². The Kier molecular flexibility index (Phi) is 8.33. The second kappa shape index (κ2) is 12.2. The Morgan fingerprint density at radius 2 is 1.93 bits per heavy atom. The van der Waals surface area contributed by atoms with Gasteiger partial charge in [0.2, 0.25) is 17.7 Å². The molecule has 2 heterocycles. The molecule has 2 aliphatic rings. The number of hydrogen-bond donors (Lipinski definition) is 2. The average Bonchev–Trinajstić information content (AvgIpc) is 3.61. The predicted molar refractivity (Wildman–Crippen MR) is 156 cm³/mol. The molecule has 212 valence electrons. The van der Waals surface area contributed by atoms with Crippen LogP contribution in [-0.4, -0.2) is 66.0 Å². The summed E-state index contributed by atoms with van der Waals surface area (Å²) in [5.41, 5.74) is 2.37. The number of rotatable bonds is 10. The van der Waals surface area contributed by atoms with E-state index in [1.807, 2.05) is 60.7 Å². The van der Waals surface area contributed by atoms with Crippen LogP contribution in [0.2, 0.25) is 0 Å². The van der Waals surface area contributed by atoms with Crippen LogP contribution in [0.1, 0.15) is 19.8 Å². The van der Waals surface area contributed by atoms with Crippen molar-refractivity contribution < 1.29 is 23.9 Å². The van der Waals surface area contributed by atoms with Crippen LogP contribution in [0.4, 0.5) is 0 Å². The van der Waals surface area contributed by atoms with E-state index < -0.39 is 12.1 Å². The number of pyridine rings is 1. The van der Waals surface area contributed by atoms with Crippen LogP contribution in [0.3, 0.4) is 0 Å². The van der Waals surface area contributed by atoms with Gasteiger partial charge in [-0.2, -0.15) is 0 Å². The molecule has 0 spiro atoms. The van der Waals surface area contributed by atoms with Crippen molar-refractivity contribution >= 4 is 28.6 Å². The molecule has 1 aliphatic heterocycles. The van der Waals surface area contributed by atoms with Gasteiger partial charge in [-0.15, -0.1) is 6.58 Å². The summed E-state index contributed by atoms with van der Waals surface area (Å²) in [6, 6.07) is 16.6. The second-order valence-electron chi connectivity index (χ2n) is 10.3. The molecular weight excluding hydrogens is 520 g/mol. The average molecular weight is 555 g/mol. The van der Waals surface area contributed by atoms with Crippen molar-refractivity contribution in [2.75, 3.05) is 20.2 Å². The molecule has 3 amide bonds. The summed E-state index contributed by atoms with van der Waals surface area (Å²) in [4.78, 5) is 44.8. The van der Waals surface area contributed by atoms with Crippen molar-refractivity contribution in [3.05, 3.63) is 79.4 Å². The van der Waals surface area contributed by atoms with E-state index in [0.717, 1.165) is 23.1 Å². The number of hydrogen-bond acceptors (Lipinski definition) is 6. The van der Waals surface area contributed by atoms with Gasteiger partial charge in [-0.3, -0.25) is 14.4 Å². The van der Waals surface area contributed by atoms with E-state index in [4.69, 9.17) is 14.5 Å². The van der Waals surface area contributed by atoms with Crippen LogP contribution in [0.5, 0.6) is 11.5 Å². The van der Waals surface area contributed by atoms with Gasteiger partial charge >= 0.3 is 0 Å². The Hall–Kier alpha value is -4.66. The van der Waals surface area contributed by atoms with Gasteiger partial charge in [-0.25, -0.2) is 4.98 Å². The molecule has 0 radical (unpaired) electrons. The molecule has 9 heteroatoms. The monoisotopic (exact) mass is 554 g/mol. The highest BCUT2D eigenvalue weighted by Crippen LogP contribution is 2.35. The molecule has 0 bridgehead atoms. The number of likely N-dealkylation sites (tertiary alicyclic amines) is 1. The molecule has 2 fully saturated rings. The van der Waals surface area contributed by atoms with Crippen LogP contribution >= 0.6 is 0 Å². The normalized spacial score (nSPS) is 21.5. The zero-order chi connectivity index (χ0) is 28.9. The van der Waals surface area contributed by atoms with Crippen LogP contribution in [-0.2, 0) is 14.4 Å². The number of carbonyl (C=O) groups excluding carboxylic acids is 3. The van der Waals surface area contributed by atoms with Gasteiger partial charge in [0, 0.05) is 35.5 Å². The standard InChI is InChI=1S/C32H34N4O5/c1-4-9-30(37)33-18-31(38)36-19-23(16-28(36)32(39)35-25-14-20(25)5-2)41-29-17-26(21-10-7-6-8-11-21)34-27-15-22(40-3)12-13-24(27)29/h4-13,15,17,20,23,25,28H,2,14,16,18-19H2,1,3H3,(H,33,37)(H,35,39). The molecule has 2 aromatic carbocycles. The van der Waals surface area contributed by atoms with Gasteiger partial charge in [0.25, 0.3) is 0 Å². The van der Waals surface area contributed by atoms with Crippen LogP contribution in [0.25, 0.3) is 22.2 Å². The van der Waals surface area contributed by atoms with Crippen LogP contribution < -0.4 is 20.1 Å². The number of nitrogens with zero attached hydrogens (tertiary/aromatic N) is 2. The number of aromatic nitrogens is 1. The first-order chi connectivity index (χ1) is 19.9. The Balaban J connectivity index is 1.41. The van der Waals surface area contributed by atoms with Gasteiger partial charge in [-0.1, -0.05) is 42.5 Å². The maximum atomic E-state index is 13.3. The number of benzene rings is 2. The van der Waals surface area contributed by atoms with Crippen molar-refractivity contribution in [3.63, 3.8) is 0 Å². The summed E-state index contributed by atoms with van der Waals surface area (Å²) < 4.78 is 12.0. The number of methoxy groups -OCH3 is 1. The number of fused-ring (bicyclic) bond motifs is 1. The minimum Gasteiger partial charge on any atom is -0.497 e. The lowest BCUT2D eigenvalue weighted by Gasteiger charge is -2.23. The second-order valence-corrected chi connectivity index (χ2v) is 10.3. The summed E-state index contributed by atoms with van der Waals surface area (Å²) in [5.74, 6) is 0.576. The predicted octanol–water partition coefficient (Wildman–Crippen LogP) is 3.64. The molecule has 4 atom stereocenters. The summed E-state index contributed by atoms with van der Waals surface area (Å²) in [5, 5.41) is 6.43. The number of amides is 3. The molecule has 3 aromatic rings. The molecule has 1 saturated carbocycles. The van der Waals surface area contributed by atoms with Crippen molar-refractivity contribution in [1.29, 1.82) is 0 Å². The fourth-order valence-electron chi connectivity index (χ4n) is 5.14. The highest BCUT2D eigenvalue weighted by Gasteiger charge is 2.44. The molecule has 5 rings (SSSR count). The number of carbonyl (C=O) groups is 3. The molecule has 1 aliphatic carbocycles. The lowest BCUT2D eigenvalue weighted by Crippen LogP contribution is -2.49. The zero-order valence-corrected chi connectivity index (χ0v) is 23.2. The molecular formula is C32H34N4O5. The Morgan fingerprint density at radius 3 is 2.63 bits per heavy atom. The molecule has 2 N–H and O–H groups in total. The molecule has 41 heavy (non-hydrogen) atoms. The van der Waals surface area contributed by atoms with E-state index in [1.54, 1.807) is 20.1 Å². The summed E-state index contributed by atoms with van der Waals surface area (Å²) >= 11 is 0. The van der Waals surface area contributed by atoms with Crippen molar-refractivity contribution in [2.24, 2.45) is 5.92 Å². The Labute approximate surface area is 239 Å². The Bertz CT molecular complexity index is 1490. The van der Waals surface area contributed by atoms with Crippen molar-refractivity contribution in [1.82, 2.24) is 20.5 Å². The van der Waals surface area contributed by atoms with Crippen LogP contribution in [0.15, 0.2) is 79.4 Å². The molecule has 1 saturated heterocycles. The number of ether oxygens (including phenoxy) is 2. The van der Waals surface area contributed by atoms with Crippen molar-refractivity contribution in [2.45, 2.75) is 38.0 Å². The first-order valence-corrected chi connectivity index (χ1v) is 13.7. The summed E-state index contributed by atoms with van der Waals surface area (Å²) in [6.45, 7) is 5.52. The van der Waals surface area contributed by atoms with E-state index in [1.165, 1.54) is 11.0 Å². The Morgan fingerprint density at radius 1 is 1.12 bits per heavy atom. The number of allylic oxidation sites excluding steroid dienone is 1. The minimum atomic E-state index is -0.723. The SMILES string of the molecule is C=CC1CC1NC(=O)C1CC(Oc2cc(-c3ccccc3)nc3cc(OC)ccc23)CN1C(=O)CNC(=O)C=CC. The van der Waals surface area contributed by atoms with Gasteiger partial charge in [-0.05, 0) is 37.5 Å². The first kappa shape index (κ1) is 27.9. The molecule has 4 unspecified atom stereocenters.